The van der Waals surface area contributed by atoms with Crippen molar-refractivity contribution in [3.05, 3.63) is 52.0 Å². The first-order valence-corrected chi connectivity index (χ1v) is 7.58. The number of aromatic nitrogens is 2. The molecular formula is C16H16N2OS. The van der Waals surface area contributed by atoms with Crippen molar-refractivity contribution in [1.82, 2.24) is 9.55 Å². The molecule has 102 valence electrons. The van der Waals surface area contributed by atoms with Crippen LogP contribution in [0.1, 0.15) is 28.0 Å². The van der Waals surface area contributed by atoms with Crippen LogP contribution < -0.4 is 0 Å². The Hall–Kier alpha value is -1.94. The number of para-hydroxylation sites is 2. The van der Waals surface area contributed by atoms with E-state index in [0.29, 0.717) is 6.42 Å². The molecule has 0 saturated carbocycles. The van der Waals surface area contributed by atoms with Crippen LogP contribution in [0.3, 0.4) is 0 Å². The molecule has 1 aromatic carbocycles. The highest BCUT2D eigenvalue weighted by Gasteiger charge is 2.16. The van der Waals surface area contributed by atoms with E-state index in [0.717, 1.165) is 33.7 Å². The highest BCUT2D eigenvalue weighted by atomic mass is 32.1. The Labute approximate surface area is 121 Å². The number of aryl methyl sites for hydroxylation is 2. The SMILES string of the molecule is CCc1ccsc1C(=O)Cc1nc2ccccc2n1C. The third-order valence-corrected chi connectivity index (χ3v) is 4.58. The van der Waals surface area contributed by atoms with Crippen molar-refractivity contribution >= 4 is 28.2 Å². The van der Waals surface area contributed by atoms with Crippen LogP contribution in [0.15, 0.2) is 35.7 Å². The van der Waals surface area contributed by atoms with Gasteiger partial charge in [0, 0.05) is 7.05 Å². The van der Waals surface area contributed by atoms with Crippen molar-refractivity contribution in [2.45, 2.75) is 19.8 Å². The van der Waals surface area contributed by atoms with Gasteiger partial charge in [0.15, 0.2) is 5.78 Å². The summed E-state index contributed by atoms with van der Waals surface area (Å²) in [5.41, 5.74) is 3.15. The average Bonchev–Trinajstić information content (AvgIpc) is 3.05. The van der Waals surface area contributed by atoms with Gasteiger partial charge in [0.1, 0.15) is 5.82 Å². The minimum absolute atomic E-state index is 0.162. The van der Waals surface area contributed by atoms with Gasteiger partial charge in [-0.3, -0.25) is 4.79 Å². The fourth-order valence-electron chi connectivity index (χ4n) is 2.44. The Morgan fingerprint density at radius 2 is 2.10 bits per heavy atom. The molecule has 3 nitrogen and oxygen atoms in total. The number of hydrogen-bond donors (Lipinski definition) is 0. The number of carbonyl (C=O) groups excluding carboxylic acids is 1. The summed E-state index contributed by atoms with van der Waals surface area (Å²) in [7, 11) is 1.97. The van der Waals surface area contributed by atoms with Crippen molar-refractivity contribution < 1.29 is 4.79 Å². The topological polar surface area (TPSA) is 34.9 Å². The summed E-state index contributed by atoms with van der Waals surface area (Å²) in [4.78, 5) is 17.9. The van der Waals surface area contributed by atoms with Gasteiger partial charge >= 0.3 is 0 Å². The third-order valence-electron chi connectivity index (χ3n) is 3.58. The zero-order valence-corrected chi connectivity index (χ0v) is 12.4. The maximum atomic E-state index is 12.4. The van der Waals surface area contributed by atoms with E-state index in [1.54, 1.807) is 0 Å². The molecule has 2 heterocycles. The maximum Gasteiger partial charge on any atom is 0.180 e. The molecule has 0 spiro atoms. The second kappa shape index (κ2) is 5.21. The molecule has 0 atom stereocenters. The smallest absolute Gasteiger partial charge is 0.180 e. The second-order valence-corrected chi connectivity index (χ2v) is 5.72. The van der Waals surface area contributed by atoms with E-state index >= 15 is 0 Å². The molecule has 20 heavy (non-hydrogen) atoms. The molecule has 0 unspecified atom stereocenters. The van der Waals surface area contributed by atoms with E-state index in [2.05, 4.69) is 11.9 Å². The van der Waals surface area contributed by atoms with E-state index in [9.17, 15) is 4.79 Å². The number of fused-ring (bicyclic) bond motifs is 1. The van der Waals surface area contributed by atoms with Gasteiger partial charge in [-0.25, -0.2) is 4.98 Å². The number of carbonyl (C=O) groups is 1. The molecule has 0 aliphatic heterocycles. The lowest BCUT2D eigenvalue weighted by molar-refractivity contribution is 0.0993. The molecule has 0 bridgehead atoms. The predicted octanol–water partition coefficient (Wildman–Crippen LogP) is 3.62. The minimum atomic E-state index is 0.162. The van der Waals surface area contributed by atoms with Crippen LogP contribution in [0.5, 0.6) is 0 Å². The van der Waals surface area contributed by atoms with Crippen LogP contribution in [0.4, 0.5) is 0 Å². The first-order chi connectivity index (χ1) is 9.70. The van der Waals surface area contributed by atoms with Gasteiger partial charge < -0.3 is 4.57 Å². The van der Waals surface area contributed by atoms with Crippen molar-refractivity contribution in [2.24, 2.45) is 7.05 Å². The molecular weight excluding hydrogens is 268 g/mol. The fourth-order valence-corrected chi connectivity index (χ4v) is 3.37. The Morgan fingerprint density at radius 3 is 2.85 bits per heavy atom. The molecule has 0 N–H and O–H groups in total. The highest BCUT2D eigenvalue weighted by Crippen LogP contribution is 2.21. The highest BCUT2D eigenvalue weighted by molar-refractivity contribution is 7.12. The summed E-state index contributed by atoms with van der Waals surface area (Å²) in [5.74, 6) is 0.988. The summed E-state index contributed by atoms with van der Waals surface area (Å²) in [6.45, 7) is 2.08. The van der Waals surface area contributed by atoms with Gasteiger partial charge in [0.05, 0.1) is 22.3 Å². The molecule has 0 aliphatic carbocycles. The van der Waals surface area contributed by atoms with Crippen LogP contribution in [-0.2, 0) is 19.9 Å². The van der Waals surface area contributed by atoms with E-state index in [-0.39, 0.29) is 5.78 Å². The van der Waals surface area contributed by atoms with E-state index in [4.69, 9.17) is 0 Å². The largest absolute Gasteiger partial charge is 0.331 e. The van der Waals surface area contributed by atoms with Crippen molar-refractivity contribution in [3.8, 4) is 0 Å². The maximum absolute atomic E-state index is 12.4. The average molecular weight is 284 g/mol. The van der Waals surface area contributed by atoms with Gasteiger partial charge in [-0.2, -0.15) is 0 Å². The number of benzene rings is 1. The quantitative estimate of drug-likeness (QED) is 0.686. The van der Waals surface area contributed by atoms with Crippen LogP contribution in [0.2, 0.25) is 0 Å². The molecule has 0 fully saturated rings. The van der Waals surface area contributed by atoms with Crippen LogP contribution in [0.25, 0.3) is 11.0 Å². The first-order valence-electron chi connectivity index (χ1n) is 6.70. The lowest BCUT2D eigenvalue weighted by Crippen LogP contribution is -2.08. The number of Topliss-reactive ketones (excluding diaryl/α,β-unsaturated/α-hetero) is 1. The van der Waals surface area contributed by atoms with Crippen LogP contribution >= 0.6 is 11.3 Å². The van der Waals surface area contributed by atoms with Gasteiger partial charge in [-0.15, -0.1) is 11.3 Å². The summed E-state index contributed by atoms with van der Waals surface area (Å²) >= 11 is 1.53. The standard InChI is InChI=1S/C16H16N2OS/c1-3-11-8-9-20-16(11)14(19)10-15-17-12-6-4-5-7-13(12)18(15)2/h4-9H,3,10H2,1-2H3. The summed E-state index contributed by atoms with van der Waals surface area (Å²) < 4.78 is 2.01. The zero-order valence-electron chi connectivity index (χ0n) is 11.6. The Bertz CT molecular complexity index is 770. The van der Waals surface area contributed by atoms with Gasteiger partial charge in [0.2, 0.25) is 0 Å². The molecule has 0 amide bonds. The van der Waals surface area contributed by atoms with E-state index in [1.807, 2.05) is 47.3 Å². The van der Waals surface area contributed by atoms with Crippen molar-refractivity contribution in [1.29, 1.82) is 0 Å². The monoisotopic (exact) mass is 284 g/mol. The number of ketones is 1. The molecule has 3 rings (SSSR count). The van der Waals surface area contributed by atoms with Gasteiger partial charge in [-0.1, -0.05) is 19.1 Å². The number of rotatable bonds is 4. The molecule has 0 radical (unpaired) electrons. The predicted molar refractivity (Wildman–Crippen MR) is 82.4 cm³/mol. The lowest BCUT2D eigenvalue weighted by atomic mass is 10.1. The Kier molecular flexibility index (Phi) is 3.40. The zero-order chi connectivity index (χ0) is 14.1. The van der Waals surface area contributed by atoms with Crippen LogP contribution in [-0.4, -0.2) is 15.3 Å². The molecule has 3 aromatic rings. The Balaban J connectivity index is 1.93. The number of imidazole rings is 1. The molecule has 0 aliphatic rings. The summed E-state index contributed by atoms with van der Waals surface area (Å²) in [6, 6.07) is 10.00. The van der Waals surface area contributed by atoms with Gasteiger partial charge in [-0.05, 0) is 35.6 Å². The summed E-state index contributed by atoms with van der Waals surface area (Å²) in [6.07, 6.45) is 1.26. The number of thiophene rings is 1. The normalized spacial score (nSPS) is 11.1. The fraction of sp³-hybridized carbons (Fsp3) is 0.250. The number of nitrogens with zero attached hydrogens (tertiary/aromatic N) is 2. The molecule has 4 heteroatoms. The molecule has 2 aromatic heterocycles. The van der Waals surface area contributed by atoms with E-state index in [1.165, 1.54) is 11.3 Å². The summed E-state index contributed by atoms with van der Waals surface area (Å²) in [5, 5.41) is 1.99. The van der Waals surface area contributed by atoms with Crippen LogP contribution in [0, 0.1) is 0 Å². The van der Waals surface area contributed by atoms with Crippen molar-refractivity contribution in [2.75, 3.05) is 0 Å². The number of hydrogen-bond acceptors (Lipinski definition) is 3. The third kappa shape index (κ3) is 2.16. The van der Waals surface area contributed by atoms with E-state index < -0.39 is 0 Å². The second-order valence-electron chi connectivity index (χ2n) is 4.80. The van der Waals surface area contributed by atoms with Gasteiger partial charge in [0.25, 0.3) is 0 Å². The Morgan fingerprint density at radius 1 is 1.30 bits per heavy atom. The molecule has 0 saturated heterocycles. The van der Waals surface area contributed by atoms with Crippen molar-refractivity contribution in [3.63, 3.8) is 0 Å². The lowest BCUT2D eigenvalue weighted by Gasteiger charge is -2.02. The first kappa shape index (κ1) is 13.1. The minimum Gasteiger partial charge on any atom is -0.331 e.